The van der Waals surface area contributed by atoms with E-state index >= 15 is 0 Å². The Morgan fingerprint density at radius 3 is 2.12 bits per heavy atom. The highest BCUT2D eigenvalue weighted by atomic mass is 35.5. The average Bonchev–Trinajstić information content (AvgIpc) is 2.61. The van der Waals surface area contributed by atoms with E-state index in [9.17, 15) is 13.2 Å². The van der Waals surface area contributed by atoms with Crippen molar-refractivity contribution >= 4 is 28.3 Å². The van der Waals surface area contributed by atoms with Crippen molar-refractivity contribution in [3.63, 3.8) is 0 Å². The molecule has 1 aliphatic rings. The Labute approximate surface area is 163 Å². The van der Waals surface area contributed by atoms with Crippen LogP contribution in [-0.2, 0) is 21.2 Å². The molecule has 1 aliphatic heterocycles. The molecule has 0 aliphatic carbocycles. The summed E-state index contributed by atoms with van der Waals surface area (Å²) < 4.78 is 27.0. The van der Waals surface area contributed by atoms with Gasteiger partial charge in [0.15, 0.2) is 0 Å². The highest BCUT2D eigenvalue weighted by Gasteiger charge is 2.32. The molecule has 6 nitrogen and oxygen atoms in total. The summed E-state index contributed by atoms with van der Waals surface area (Å²) in [6.07, 6.45) is 1.97. The number of sulfonamides is 1. The Kier molecular flexibility index (Phi) is 8.53. The molecule has 1 fully saturated rings. The van der Waals surface area contributed by atoms with Crippen LogP contribution >= 0.6 is 12.4 Å². The second-order valence-electron chi connectivity index (χ2n) is 6.77. The first-order valence-electron chi connectivity index (χ1n) is 8.90. The Balaban J connectivity index is 0.00000338. The Bertz CT molecular complexity index is 684. The summed E-state index contributed by atoms with van der Waals surface area (Å²) in [6.45, 7) is 7.16. The van der Waals surface area contributed by atoms with Crippen LogP contribution in [0.5, 0.6) is 0 Å². The maximum absolute atomic E-state index is 12.8. The average molecular weight is 404 g/mol. The van der Waals surface area contributed by atoms with Crippen LogP contribution in [0.15, 0.2) is 29.2 Å². The van der Waals surface area contributed by atoms with Gasteiger partial charge < -0.3 is 10.6 Å². The normalized spacial score (nSPS) is 18.1. The van der Waals surface area contributed by atoms with E-state index < -0.39 is 10.0 Å². The van der Waals surface area contributed by atoms with E-state index in [1.807, 2.05) is 26.0 Å². The van der Waals surface area contributed by atoms with E-state index in [1.165, 1.54) is 4.31 Å². The molecule has 1 saturated heterocycles. The fourth-order valence-corrected chi connectivity index (χ4v) is 4.35. The van der Waals surface area contributed by atoms with Crippen molar-refractivity contribution < 1.29 is 13.2 Å². The summed E-state index contributed by atoms with van der Waals surface area (Å²) in [4.78, 5) is 14.4. The summed E-state index contributed by atoms with van der Waals surface area (Å²) in [5.41, 5.74) is 6.94. The Morgan fingerprint density at radius 1 is 1.12 bits per heavy atom. The molecule has 1 amide bonds. The third-order valence-corrected chi connectivity index (χ3v) is 6.74. The number of nitrogens with zero attached hydrogens (tertiary/aromatic N) is 2. The minimum absolute atomic E-state index is 0. The monoisotopic (exact) mass is 403 g/mol. The number of carbonyl (C=O) groups is 1. The SMILES string of the molecule is CCCc1ccc(S(=O)(=O)N2CCN(C(=O)C(C)C(C)N)CC2)cc1.Cl. The maximum atomic E-state index is 12.8. The third kappa shape index (κ3) is 5.19. The topological polar surface area (TPSA) is 83.7 Å². The first kappa shape index (κ1) is 22.9. The van der Waals surface area contributed by atoms with Crippen LogP contribution in [0.1, 0.15) is 32.8 Å². The van der Waals surface area contributed by atoms with Crippen molar-refractivity contribution in [2.45, 2.75) is 44.6 Å². The highest BCUT2D eigenvalue weighted by molar-refractivity contribution is 7.89. The molecule has 2 atom stereocenters. The van der Waals surface area contributed by atoms with Crippen molar-refractivity contribution in [1.82, 2.24) is 9.21 Å². The maximum Gasteiger partial charge on any atom is 0.243 e. The lowest BCUT2D eigenvalue weighted by Gasteiger charge is -2.35. The van der Waals surface area contributed by atoms with Gasteiger partial charge in [0.05, 0.1) is 10.8 Å². The Hall–Kier alpha value is -1.15. The van der Waals surface area contributed by atoms with Crippen LogP contribution in [0.4, 0.5) is 0 Å². The number of halogens is 1. The van der Waals surface area contributed by atoms with Crippen LogP contribution in [-0.4, -0.2) is 55.8 Å². The number of amides is 1. The summed E-state index contributed by atoms with van der Waals surface area (Å²) in [5, 5.41) is 0. The molecule has 26 heavy (non-hydrogen) atoms. The molecule has 8 heteroatoms. The number of hydrogen-bond acceptors (Lipinski definition) is 4. The van der Waals surface area contributed by atoms with Crippen LogP contribution in [0.2, 0.25) is 0 Å². The molecule has 1 heterocycles. The van der Waals surface area contributed by atoms with Gasteiger partial charge in [-0.2, -0.15) is 4.31 Å². The van der Waals surface area contributed by atoms with Crippen molar-refractivity contribution in [2.24, 2.45) is 11.7 Å². The van der Waals surface area contributed by atoms with Crippen LogP contribution in [0, 0.1) is 5.92 Å². The number of nitrogens with two attached hydrogens (primary N) is 1. The van der Waals surface area contributed by atoms with Gasteiger partial charge in [0.2, 0.25) is 15.9 Å². The molecule has 2 rings (SSSR count). The summed E-state index contributed by atoms with van der Waals surface area (Å²) >= 11 is 0. The largest absolute Gasteiger partial charge is 0.340 e. The molecular weight excluding hydrogens is 374 g/mol. The first-order chi connectivity index (χ1) is 11.8. The van der Waals surface area contributed by atoms with Crippen molar-refractivity contribution in [1.29, 1.82) is 0 Å². The molecule has 0 radical (unpaired) electrons. The summed E-state index contributed by atoms with van der Waals surface area (Å²) in [7, 11) is -3.51. The predicted octanol–water partition coefficient (Wildman–Crippen LogP) is 1.88. The smallest absolute Gasteiger partial charge is 0.243 e. The van der Waals surface area contributed by atoms with E-state index in [4.69, 9.17) is 5.73 Å². The molecule has 148 valence electrons. The van der Waals surface area contributed by atoms with Crippen LogP contribution in [0.3, 0.4) is 0 Å². The van der Waals surface area contributed by atoms with Gasteiger partial charge >= 0.3 is 0 Å². The van der Waals surface area contributed by atoms with Crippen molar-refractivity contribution in [3.8, 4) is 0 Å². The first-order valence-corrected chi connectivity index (χ1v) is 10.3. The van der Waals surface area contributed by atoms with Gasteiger partial charge in [-0.3, -0.25) is 4.79 Å². The molecule has 0 saturated carbocycles. The molecule has 2 unspecified atom stereocenters. The number of aryl methyl sites for hydroxylation is 1. The number of benzene rings is 1. The van der Waals surface area contributed by atoms with E-state index in [-0.39, 0.29) is 30.3 Å². The Morgan fingerprint density at radius 2 is 1.65 bits per heavy atom. The number of piperazine rings is 1. The fraction of sp³-hybridized carbons (Fsp3) is 0.611. The van der Waals surface area contributed by atoms with Gasteiger partial charge in [0.25, 0.3) is 0 Å². The summed E-state index contributed by atoms with van der Waals surface area (Å²) in [5.74, 6) is -0.259. The van der Waals surface area contributed by atoms with Crippen LogP contribution < -0.4 is 5.73 Å². The lowest BCUT2D eigenvalue weighted by atomic mass is 10.0. The van der Waals surface area contributed by atoms with E-state index in [0.717, 1.165) is 18.4 Å². The third-order valence-electron chi connectivity index (χ3n) is 4.83. The molecule has 0 aromatic heterocycles. The standard InChI is InChI=1S/C18H29N3O3S.ClH/c1-4-5-16-6-8-17(9-7-16)25(23,24)21-12-10-20(11-13-21)18(22)14(2)15(3)19;/h6-9,14-15H,4-5,10-13,19H2,1-3H3;1H. The van der Waals surface area contributed by atoms with Gasteiger partial charge in [0, 0.05) is 32.2 Å². The molecule has 0 bridgehead atoms. The second-order valence-corrected chi connectivity index (χ2v) is 8.71. The van der Waals surface area contributed by atoms with Crippen molar-refractivity contribution in [2.75, 3.05) is 26.2 Å². The second kappa shape index (κ2) is 9.69. The molecule has 1 aromatic carbocycles. The highest BCUT2D eigenvalue weighted by Crippen LogP contribution is 2.19. The zero-order valence-electron chi connectivity index (χ0n) is 15.7. The minimum atomic E-state index is -3.51. The zero-order valence-corrected chi connectivity index (χ0v) is 17.4. The zero-order chi connectivity index (χ0) is 18.6. The van der Waals surface area contributed by atoms with E-state index in [2.05, 4.69) is 6.92 Å². The van der Waals surface area contributed by atoms with Gasteiger partial charge in [-0.15, -0.1) is 12.4 Å². The van der Waals surface area contributed by atoms with Crippen LogP contribution in [0.25, 0.3) is 0 Å². The van der Waals surface area contributed by atoms with E-state index in [0.29, 0.717) is 31.1 Å². The van der Waals surface area contributed by atoms with Gasteiger partial charge in [0.1, 0.15) is 0 Å². The molecule has 0 spiro atoms. The lowest BCUT2D eigenvalue weighted by Crippen LogP contribution is -2.53. The molecule has 1 aromatic rings. The van der Waals surface area contributed by atoms with Gasteiger partial charge in [-0.25, -0.2) is 8.42 Å². The lowest BCUT2D eigenvalue weighted by molar-refractivity contribution is -0.136. The predicted molar refractivity (Wildman–Crippen MR) is 106 cm³/mol. The van der Waals surface area contributed by atoms with Gasteiger partial charge in [-0.05, 0) is 31.0 Å². The fourth-order valence-electron chi connectivity index (χ4n) is 2.93. The molecule has 2 N–H and O–H groups in total. The number of hydrogen-bond donors (Lipinski definition) is 1. The van der Waals surface area contributed by atoms with Crippen molar-refractivity contribution in [3.05, 3.63) is 29.8 Å². The summed E-state index contributed by atoms with van der Waals surface area (Å²) in [6, 6.07) is 6.89. The molecular formula is C18H30ClN3O3S. The van der Waals surface area contributed by atoms with E-state index in [1.54, 1.807) is 17.0 Å². The number of carbonyl (C=O) groups excluding carboxylic acids is 1. The quantitative estimate of drug-likeness (QED) is 0.785. The minimum Gasteiger partial charge on any atom is -0.340 e. The number of rotatable bonds is 6. The van der Waals surface area contributed by atoms with Gasteiger partial charge in [-0.1, -0.05) is 32.4 Å².